The lowest BCUT2D eigenvalue weighted by atomic mass is 10.3. The molecule has 7 nitrogen and oxygen atoms in total. The van der Waals surface area contributed by atoms with Crippen LogP contribution in [0.25, 0.3) is 0 Å². The zero-order chi connectivity index (χ0) is 20.4. The van der Waals surface area contributed by atoms with E-state index in [1.807, 2.05) is 48.7 Å². The molecule has 2 aromatic carbocycles. The Balaban J connectivity index is 1.71. The second-order valence-electron chi connectivity index (χ2n) is 6.00. The first kappa shape index (κ1) is 21.3. The third-order valence-electron chi connectivity index (χ3n) is 3.84. The van der Waals surface area contributed by atoms with Crippen molar-refractivity contribution in [1.82, 2.24) is 10.2 Å². The molecule has 0 saturated heterocycles. The van der Waals surface area contributed by atoms with Gasteiger partial charge in [0.05, 0.1) is 12.2 Å². The number of amides is 4. The monoisotopic (exact) mass is 400 g/mol. The quantitative estimate of drug-likeness (QED) is 0.594. The third-order valence-corrected chi connectivity index (χ3v) is 4.64. The summed E-state index contributed by atoms with van der Waals surface area (Å²) in [5.41, 5.74) is 1.39. The summed E-state index contributed by atoms with van der Waals surface area (Å²) in [6.45, 7) is 0.122. The van der Waals surface area contributed by atoms with Crippen LogP contribution < -0.4 is 16.0 Å². The van der Waals surface area contributed by atoms with Crippen LogP contribution in [0.3, 0.4) is 0 Å². The maximum absolute atomic E-state index is 12.2. The van der Waals surface area contributed by atoms with Gasteiger partial charge in [0.1, 0.15) is 0 Å². The summed E-state index contributed by atoms with van der Waals surface area (Å²) in [6.07, 6.45) is 2.04. The molecule has 0 aliphatic heterocycles. The number of carbonyl (C=O) groups excluding carboxylic acids is 3. The highest BCUT2D eigenvalue weighted by Gasteiger charge is 2.14. The van der Waals surface area contributed by atoms with Gasteiger partial charge < -0.3 is 20.9 Å². The molecule has 4 amide bonds. The molecule has 0 spiro atoms. The second-order valence-corrected chi connectivity index (χ2v) is 6.84. The number of rotatable bonds is 8. The van der Waals surface area contributed by atoms with Crippen LogP contribution in [0.5, 0.6) is 0 Å². The first-order valence-electron chi connectivity index (χ1n) is 8.76. The van der Waals surface area contributed by atoms with Gasteiger partial charge in [-0.2, -0.15) is 0 Å². The van der Waals surface area contributed by atoms with Crippen LogP contribution >= 0.6 is 11.8 Å². The normalized spacial score (nSPS) is 10.1. The lowest BCUT2D eigenvalue weighted by Crippen LogP contribution is -2.37. The van der Waals surface area contributed by atoms with Gasteiger partial charge >= 0.3 is 6.03 Å². The molecule has 0 unspecified atom stereocenters. The zero-order valence-electron chi connectivity index (χ0n) is 15.9. The number of thioether (sulfide) groups is 1. The van der Waals surface area contributed by atoms with Crippen molar-refractivity contribution in [2.24, 2.45) is 0 Å². The average Bonchev–Trinajstić information content (AvgIpc) is 2.69. The molecule has 0 saturated carbocycles. The van der Waals surface area contributed by atoms with Crippen molar-refractivity contribution in [1.29, 1.82) is 0 Å². The van der Waals surface area contributed by atoms with E-state index in [0.717, 1.165) is 10.6 Å². The molecule has 0 radical (unpaired) electrons. The molecule has 0 fully saturated rings. The molecule has 2 rings (SSSR count). The van der Waals surface area contributed by atoms with Crippen LogP contribution in [0.2, 0.25) is 0 Å². The molecule has 148 valence electrons. The Bertz CT molecular complexity index is 814. The van der Waals surface area contributed by atoms with Crippen molar-refractivity contribution >= 4 is 41.0 Å². The molecule has 0 atom stereocenters. The lowest BCUT2D eigenvalue weighted by Gasteiger charge is -2.17. The van der Waals surface area contributed by atoms with E-state index in [9.17, 15) is 14.4 Å². The molecule has 0 aliphatic carbocycles. The molecule has 8 heteroatoms. The predicted molar refractivity (Wildman–Crippen MR) is 113 cm³/mol. The summed E-state index contributed by atoms with van der Waals surface area (Å²) in [4.78, 5) is 38.4. The number of urea groups is 1. The molecule has 2 aromatic rings. The Kier molecular flexibility index (Phi) is 8.36. The van der Waals surface area contributed by atoms with Crippen LogP contribution in [0.15, 0.2) is 59.5 Å². The molecule has 28 heavy (non-hydrogen) atoms. The van der Waals surface area contributed by atoms with Gasteiger partial charge in [-0.05, 0) is 30.5 Å². The fraction of sp³-hybridized carbons (Fsp3) is 0.250. The number of hydrogen-bond acceptors (Lipinski definition) is 4. The maximum atomic E-state index is 12.2. The molecule has 0 heterocycles. The summed E-state index contributed by atoms with van der Waals surface area (Å²) in [6, 6.07) is 16.1. The van der Waals surface area contributed by atoms with Crippen LogP contribution in [0.4, 0.5) is 16.2 Å². The number of nitrogens with zero attached hydrogens (tertiary/aromatic N) is 1. The average molecular weight is 401 g/mol. The number of benzene rings is 2. The smallest absolute Gasteiger partial charge is 0.319 e. The van der Waals surface area contributed by atoms with Crippen molar-refractivity contribution < 1.29 is 14.4 Å². The lowest BCUT2D eigenvalue weighted by molar-refractivity contribution is -0.133. The highest BCUT2D eigenvalue weighted by Crippen LogP contribution is 2.24. The Labute approximate surface area is 168 Å². The topological polar surface area (TPSA) is 90.5 Å². The Morgan fingerprint density at radius 2 is 1.64 bits per heavy atom. The number of hydrogen-bond donors (Lipinski definition) is 3. The Morgan fingerprint density at radius 3 is 2.36 bits per heavy atom. The van der Waals surface area contributed by atoms with E-state index in [0.29, 0.717) is 5.69 Å². The molecular formula is C20H24N4O3S. The van der Waals surface area contributed by atoms with Gasteiger partial charge in [-0.15, -0.1) is 11.8 Å². The molecule has 0 aromatic heterocycles. The van der Waals surface area contributed by atoms with Gasteiger partial charge in [-0.1, -0.05) is 30.3 Å². The van der Waals surface area contributed by atoms with Crippen LogP contribution in [-0.4, -0.2) is 49.1 Å². The van der Waals surface area contributed by atoms with E-state index < -0.39 is 0 Å². The summed E-state index contributed by atoms with van der Waals surface area (Å²) in [5, 5.41) is 8.11. The SMILES string of the molecule is CSc1ccccc1NC(=O)CN(C)C(=O)CCNC(=O)Nc1ccccc1. The maximum Gasteiger partial charge on any atom is 0.319 e. The van der Waals surface area contributed by atoms with Gasteiger partial charge in [0.2, 0.25) is 11.8 Å². The zero-order valence-corrected chi connectivity index (χ0v) is 16.7. The number of likely N-dealkylation sites (N-methyl/N-ethyl adjacent to an activating group) is 1. The summed E-state index contributed by atoms with van der Waals surface area (Å²) in [7, 11) is 1.56. The first-order valence-corrected chi connectivity index (χ1v) is 9.99. The van der Waals surface area contributed by atoms with Crippen LogP contribution in [-0.2, 0) is 9.59 Å². The predicted octanol–water partition coefficient (Wildman–Crippen LogP) is 3.02. The van der Waals surface area contributed by atoms with Gasteiger partial charge in [-0.25, -0.2) is 4.79 Å². The fourth-order valence-electron chi connectivity index (χ4n) is 2.41. The van der Waals surface area contributed by atoms with Crippen molar-refractivity contribution in [3.63, 3.8) is 0 Å². The highest BCUT2D eigenvalue weighted by atomic mass is 32.2. The second kappa shape index (κ2) is 11.0. The summed E-state index contributed by atoms with van der Waals surface area (Å²) < 4.78 is 0. The van der Waals surface area contributed by atoms with Gasteiger partial charge in [-0.3, -0.25) is 9.59 Å². The molecule has 0 aliphatic rings. The minimum atomic E-state index is -0.381. The van der Waals surface area contributed by atoms with E-state index in [2.05, 4.69) is 16.0 Å². The highest BCUT2D eigenvalue weighted by molar-refractivity contribution is 7.98. The first-order chi connectivity index (χ1) is 13.5. The number of nitrogens with one attached hydrogen (secondary N) is 3. The minimum absolute atomic E-state index is 0.0578. The van der Waals surface area contributed by atoms with E-state index in [1.54, 1.807) is 19.2 Å². The number of para-hydroxylation sites is 2. The van der Waals surface area contributed by atoms with E-state index in [4.69, 9.17) is 0 Å². The van der Waals surface area contributed by atoms with E-state index >= 15 is 0 Å². The Morgan fingerprint density at radius 1 is 0.964 bits per heavy atom. The van der Waals surface area contributed by atoms with E-state index in [-0.39, 0.29) is 37.4 Å². The minimum Gasteiger partial charge on any atom is -0.337 e. The van der Waals surface area contributed by atoms with Crippen LogP contribution in [0.1, 0.15) is 6.42 Å². The van der Waals surface area contributed by atoms with Gasteiger partial charge in [0, 0.05) is 30.6 Å². The standard InChI is InChI=1S/C20H24N4O3S/c1-24(14-18(25)23-16-10-6-7-11-17(16)28-2)19(26)12-13-21-20(27)22-15-8-4-3-5-9-15/h3-11H,12-14H2,1-2H3,(H,23,25)(H2,21,22,27). The largest absolute Gasteiger partial charge is 0.337 e. The molecule has 0 bridgehead atoms. The summed E-state index contributed by atoms with van der Waals surface area (Å²) in [5.74, 6) is -0.500. The van der Waals surface area contributed by atoms with Crippen molar-refractivity contribution in [2.45, 2.75) is 11.3 Å². The van der Waals surface area contributed by atoms with E-state index in [1.165, 1.54) is 16.7 Å². The van der Waals surface area contributed by atoms with Crippen molar-refractivity contribution in [2.75, 3.05) is 37.0 Å². The van der Waals surface area contributed by atoms with Gasteiger partial charge in [0.25, 0.3) is 0 Å². The Hall–Kier alpha value is -3.00. The summed E-state index contributed by atoms with van der Waals surface area (Å²) >= 11 is 1.54. The number of carbonyl (C=O) groups is 3. The third kappa shape index (κ3) is 6.96. The number of anilines is 2. The van der Waals surface area contributed by atoms with Crippen molar-refractivity contribution in [3.8, 4) is 0 Å². The van der Waals surface area contributed by atoms with Crippen molar-refractivity contribution in [3.05, 3.63) is 54.6 Å². The molecular weight excluding hydrogens is 376 g/mol. The van der Waals surface area contributed by atoms with Crippen LogP contribution in [0, 0.1) is 0 Å². The molecule has 3 N–H and O–H groups in total. The van der Waals surface area contributed by atoms with Gasteiger partial charge in [0.15, 0.2) is 0 Å². The fourth-order valence-corrected chi connectivity index (χ4v) is 2.97.